The normalized spacial score (nSPS) is 19.7. The fraction of sp³-hybridized carbons (Fsp3) is 0.917. The highest BCUT2D eigenvalue weighted by molar-refractivity contribution is 8.00. The largest absolute Gasteiger partial charge is 0.480 e. The van der Waals surface area contributed by atoms with Crippen LogP contribution in [0.5, 0.6) is 0 Å². The number of carbonyl (C=O) groups is 2. The van der Waals surface area contributed by atoms with Gasteiger partial charge in [-0.25, -0.2) is 9.59 Å². The molecule has 182 valence electrons. The lowest BCUT2D eigenvalue weighted by Crippen LogP contribution is -2.45. The van der Waals surface area contributed by atoms with Gasteiger partial charge in [-0.3, -0.25) is 0 Å². The molecule has 0 aromatic heterocycles. The van der Waals surface area contributed by atoms with E-state index in [1.165, 1.54) is 76.0 Å². The molecule has 0 aromatic carbocycles. The molecule has 0 saturated heterocycles. The molecular formula is C24H46N2O4S. The molecule has 0 radical (unpaired) electrons. The van der Waals surface area contributed by atoms with Crippen molar-refractivity contribution in [1.29, 1.82) is 0 Å². The number of aliphatic carboxylic acids is 1. The van der Waals surface area contributed by atoms with Gasteiger partial charge in [0.15, 0.2) is 0 Å². The van der Waals surface area contributed by atoms with Crippen LogP contribution < -0.4 is 10.6 Å². The van der Waals surface area contributed by atoms with E-state index in [2.05, 4.69) is 10.6 Å². The Morgan fingerprint density at radius 1 is 0.903 bits per heavy atom. The van der Waals surface area contributed by atoms with E-state index < -0.39 is 23.7 Å². The summed E-state index contributed by atoms with van der Waals surface area (Å²) in [7, 11) is 0. The average Bonchev–Trinajstić information content (AvgIpc) is 2.65. The zero-order chi connectivity index (χ0) is 23.5. The molecule has 2 fully saturated rings. The minimum Gasteiger partial charge on any atom is -0.480 e. The Labute approximate surface area is 194 Å². The van der Waals surface area contributed by atoms with Crippen LogP contribution >= 0.6 is 11.8 Å². The molecule has 1 atom stereocenters. The Morgan fingerprint density at radius 2 is 1.35 bits per heavy atom. The van der Waals surface area contributed by atoms with Gasteiger partial charge in [-0.2, -0.15) is 11.8 Å². The molecule has 7 heteroatoms. The number of alkyl carbamates (subject to hydrolysis) is 1. The Bertz CT molecular complexity index is 515. The predicted molar refractivity (Wildman–Crippen MR) is 130 cm³/mol. The third-order valence-electron chi connectivity index (χ3n) is 5.35. The van der Waals surface area contributed by atoms with Gasteiger partial charge in [0.2, 0.25) is 0 Å². The number of thioether (sulfide) groups is 1. The lowest BCUT2D eigenvalue weighted by atomic mass is 9.91. The molecule has 0 aliphatic heterocycles. The first-order valence-electron chi connectivity index (χ1n) is 12.0. The monoisotopic (exact) mass is 458 g/mol. The zero-order valence-electron chi connectivity index (χ0n) is 20.6. The highest BCUT2D eigenvalue weighted by Crippen LogP contribution is 2.24. The number of rotatable bonds is 6. The third kappa shape index (κ3) is 14.7. The molecule has 31 heavy (non-hydrogen) atoms. The van der Waals surface area contributed by atoms with Crippen LogP contribution in [-0.4, -0.2) is 51.4 Å². The number of hydrogen-bond acceptors (Lipinski definition) is 5. The van der Waals surface area contributed by atoms with Crippen molar-refractivity contribution >= 4 is 23.8 Å². The first-order valence-corrected chi connectivity index (χ1v) is 13.0. The van der Waals surface area contributed by atoms with Crippen LogP contribution in [0, 0.1) is 0 Å². The second-order valence-corrected chi connectivity index (χ2v) is 12.6. The van der Waals surface area contributed by atoms with Crippen LogP contribution in [-0.2, 0) is 9.53 Å². The molecular weight excluding hydrogens is 412 g/mol. The molecule has 1 amide bonds. The first kappa shape index (κ1) is 28.1. The summed E-state index contributed by atoms with van der Waals surface area (Å²) in [6, 6.07) is 0.803. The zero-order valence-corrected chi connectivity index (χ0v) is 21.4. The first-order chi connectivity index (χ1) is 14.4. The van der Waals surface area contributed by atoms with Crippen molar-refractivity contribution in [2.75, 3.05) is 5.75 Å². The summed E-state index contributed by atoms with van der Waals surface area (Å²) in [6.07, 6.45) is 13.9. The van der Waals surface area contributed by atoms with E-state index in [1.54, 1.807) is 20.8 Å². The Balaban J connectivity index is 0.000000323. The summed E-state index contributed by atoms with van der Waals surface area (Å²) in [5, 5.41) is 15.3. The summed E-state index contributed by atoms with van der Waals surface area (Å²) in [5.41, 5.74) is -0.635. The lowest BCUT2D eigenvalue weighted by molar-refractivity contribution is -0.138. The molecule has 0 aromatic rings. The van der Waals surface area contributed by atoms with Gasteiger partial charge in [-0.05, 0) is 46.5 Å². The van der Waals surface area contributed by atoms with E-state index in [0.717, 1.165) is 12.1 Å². The number of carbonyl (C=O) groups excluding carboxylic acids is 1. The van der Waals surface area contributed by atoms with E-state index >= 15 is 0 Å². The summed E-state index contributed by atoms with van der Waals surface area (Å²) in [5.74, 6) is -0.754. The van der Waals surface area contributed by atoms with Crippen LogP contribution in [0.15, 0.2) is 0 Å². The van der Waals surface area contributed by atoms with Crippen LogP contribution in [0.2, 0.25) is 0 Å². The summed E-state index contributed by atoms with van der Waals surface area (Å²) < 4.78 is 4.98. The summed E-state index contributed by atoms with van der Waals surface area (Å²) >= 11 is 1.48. The SMILES string of the molecule is C1CCC(NC2CCCCC2)CC1.CC(C)(C)OC(=O)N[C@H](CSC(C)(C)C)C(=O)O. The Morgan fingerprint density at radius 3 is 1.71 bits per heavy atom. The highest BCUT2D eigenvalue weighted by Gasteiger charge is 2.25. The molecule has 0 spiro atoms. The fourth-order valence-electron chi connectivity index (χ4n) is 3.83. The maximum Gasteiger partial charge on any atom is 0.408 e. The minimum atomic E-state index is -1.06. The number of carboxylic acid groups (broad SMARTS) is 1. The van der Waals surface area contributed by atoms with E-state index in [0.29, 0.717) is 5.75 Å². The van der Waals surface area contributed by atoms with E-state index in [1.807, 2.05) is 20.8 Å². The topological polar surface area (TPSA) is 87.7 Å². The van der Waals surface area contributed by atoms with Crippen molar-refractivity contribution in [3.8, 4) is 0 Å². The van der Waals surface area contributed by atoms with Gasteiger partial charge >= 0.3 is 12.1 Å². The van der Waals surface area contributed by atoms with E-state index in [-0.39, 0.29) is 4.75 Å². The van der Waals surface area contributed by atoms with Gasteiger partial charge in [0, 0.05) is 22.6 Å². The van der Waals surface area contributed by atoms with Crippen molar-refractivity contribution < 1.29 is 19.4 Å². The van der Waals surface area contributed by atoms with Gasteiger partial charge in [0.25, 0.3) is 0 Å². The van der Waals surface area contributed by atoms with Crippen LogP contribution in [0.25, 0.3) is 0 Å². The van der Waals surface area contributed by atoms with Crippen molar-refractivity contribution in [3.05, 3.63) is 0 Å². The predicted octanol–water partition coefficient (Wildman–Crippen LogP) is 5.74. The average molecular weight is 459 g/mol. The molecule has 2 aliphatic rings. The number of ether oxygens (including phenoxy) is 1. The molecule has 2 saturated carbocycles. The second-order valence-electron chi connectivity index (χ2n) is 10.8. The molecule has 0 bridgehead atoms. The third-order valence-corrected chi connectivity index (χ3v) is 6.72. The quantitative estimate of drug-likeness (QED) is 0.470. The fourth-order valence-corrected chi connectivity index (χ4v) is 4.72. The lowest BCUT2D eigenvalue weighted by Gasteiger charge is -2.30. The number of carboxylic acids is 1. The molecule has 2 rings (SSSR count). The smallest absolute Gasteiger partial charge is 0.408 e. The van der Waals surface area contributed by atoms with Crippen molar-refractivity contribution in [2.24, 2.45) is 0 Å². The number of amides is 1. The minimum absolute atomic E-state index is 0.0523. The van der Waals surface area contributed by atoms with Gasteiger partial charge in [0.05, 0.1) is 0 Å². The van der Waals surface area contributed by atoms with Crippen LogP contribution in [0.4, 0.5) is 4.79 Å². The maximum atomic E-state index is 11.5. The van der Waals surface area contributed by atoms with E-state index in [9.17, 15) is 9.59 Å². The highest BCUT2D eigenvalue weighted by atomic mass is 32.2. The Kier molecular flexibility index (Phi) is 12.3. The van der Waals surface area contributed by atoms with Crippen molar-refractivity contribution in [2.45, 2.75) is 134 Å². The summed E-state index contributed by atoms with van der Waals surface area (Å²) in [4.78, 5) is 22.5. The van der Waals surface area contributed by atoms with Crippen LogP contribution in [0.3, 0.4) is 0 Å². The summed E-state index contributed by atoms with van der Waals surface area (Å²) in [6.45, 7) is 11.2. The Hall–Kier alpha value is -0.950. The molecule has 2 aliphatic carbocycles. The maximum absolute atomic E-state index is 11.5. The van der Waals surface area contributed by atoms with E-state index in [4.69, 9.17) is 9.84 Å². The van der Waals surface area contributed by atoms with Gasteiger partial charge in [-0.1, -0.05) is 59.3 Å². The van der Waals surface area contributed by atoms with Gasteiger partial charge < -0.3 is 20.5 Å². The van der Waals surface area contributed by atoms with Gasteiger partial charge in [-0.15, -0.1) is 0 Å². The van der Waals surface area contributed by atoms with Gasteiger partial charge in [0.1, 0.15) is 11.6 Å². The van der Waals surface area contributed by atoms with Crippen molar-refractivity contribution in [3.63, 3.8) is 0 Å². The molecule has 0 unspecified atom stereocenters. The molecule has 6 nitrogen and oxygen atoms in total. The molecule has 0 heterocycles. The second kappa shape index (κ2) is 13.6. The number of nitrogens with one attached hydrogen (secondary N) is 2. The standard InChI is InChI=1S/C12H23NO4S.C12H23N/c1-11(2,3)17-10(16)13-8(9(14)15)7-18-12(4,5)6;1-3-7-11(8-4-1)13-12-9-5-2-6-10-12/h8H,7H2,1-6H3,(H,13,16)(H,14,15);11-13H,1-10H2/t8-;/m1./s1. The molecule has 3 N–H and O–H groups in total. The van der Waals surface area contributed by atoms with Crippen molar-refractivity contribution in [1.82, 2.24) is 10.6 Å². The van der Waals surface area contributed by atoms with Crippen LogP contribution in [0.1, 0.15) is 106 Å². The number of hydrogen-bond donors (Lipinski definition) is 3.